The van der Waals surface area contributed by atoms with E-state index >= 15 is 0 Å². The molecule has 15 heavy (non-hydrogen) atoms. The number of nitrogens with one attached hydrogen (secondary N) is 1. The molecule has 0 saturated carbocycles. The molecule has 0 amide bonds. The van der Waals surface area contributed by atoms with Crippen LogP contribution in [0.15, 0.2) is 6.20 Å². The molecule has 1 heterocycles. The summed E-state index contributed by atoms with van der Waals surface area (Å²) >= 11 is 3.20. The number of carbonyl (C=O) groups is 1. The zero-order valence-electron chi connectivity index (χ0n) is 8.61. The summed E-state index contributed by atoms with van der Waals surface area (Å²) in [6.45, 7) is 1.07. The molecule has 7 heteroatoms. The van der Waals surface area contributed by atoms with Gasteiger partial charge in [0.25, 0.3) is 0 Å². The highest BCUT2D eigenvalue weighted by Crippen LogP contribution is 2.00. The number of ether oxygens (including phenoxy) is 1. The maximum atomic E-state index is 11.0. The lowest BCUT2D eigenvalue weighted by atomic mass is 10.4. The highest BCUT2D eigenvalue weighted by atomic mass is 79.9. The van der Waals surface area contributed by atoms with Crippen molar-refractivity contribution in [3.63, 3.8) is 0 Å². The molecule has 1 atom stereocenters. The summed E-state index contributed by atoms with van der Waals surface area (Å²) in [5.74, 6) is -0.290. The van der Waals surface area contributed by atoms with E-state index in [0.717, 1.165) is 5.69 Å². The smallest absolute Gasteiger partial charge is 0.320 e. The molecule has 6 nitrogen and oxygen atoms in total. The highest BCUT2D eigenvalue weighted by molar-refractivity contribution is 9.10. The minimum absolute atomic E-state index is 0.290. The minimum atomic E-state index is -0.334. The lowest BCUT2D eigenvalue weighted by Gasteiger charge is -2.07. The Morgan fingerprint density at radius 2 is 2.53 bits per heavy atom. The molecule has 0 bridgehead atoms. The van der Waals surface area contributed by atoms with Crippen molar-refractivity contribution in [2.24, 2.45) is 7.05 Å². The van der Waals surface area contributed by atoms with Crippen LogP contribution in [0.3, 0.4) is 0 Å². The van der Waals surface area contributed by atoms with E-state index in [2.05, 4.69) is 36.3 Å². The lowest BCUT2D eigenvalue weighted by Crippen LogP contribution is -2.29. The van der Waals surface area contributed by atoms with Crippen molar-refractivity contribution in [3.05, 3.63) is 11.9 Å². The maximum Gasteiger partial charge on any atom is 0.320 e. The molecule has 0 spiro atoms. The predicted molar refractivity (Wildman–Crippen MR) is 57.4 cm³/mol. The Kier molecular flexibility index (Phi) is 4.70. The Morgan fingerprint density at radius 3 is 3.07 bits per heavy atom. The van der Waals surface area contributed by atoms with Crippen molar-refractivity contribution in [1.29, 1.82) is 0 Å². The van der Waals surface area contributed by atoms with Crippen molar-refractivity contribution in [2.45, 2.75) is 11.4 Å². The van der Waals surface area contributed by atoms with Crippen LogP contribution >= 0.6 is 15.9 Å². The first-order chi connectivity index (χ1) is 7.13. The molecule has 1 rings (SSSR count). The first kappa shape index (κ1) is 12.1. The average molecular weight is 277 g/mol. The van der Waals surface area contributed by atoms with Crippen LogP contribution in [-0.2, 0) is 23.1 Å². The fourth-order valence-corrected chi connectivity index (χ4v) is 1.43. The molecule has 0 saturated heterocycles. The van der Waals surface area contributed by atoms with Gasteiger partial charge in [-0.05, 0) is 0 Å². The summed E-state index contributed by atoms with van der Waals surface area (Å²) in [4.78, 5) is 10.7. The number of aromatic nitrogens is 3. The molecule has 1 N–H and O–H groups in total. The zero-order chi connectivity index (χ0) is 11.3. The number of carbonyl (C=O) groups excluding carboxylic acids is 1. The molecule has 1 unspecified atom stereocenters. The number of aryl methyl sites for hydroxylation is 1. The Bertz CT molecular complexity index is 328. The van der Waals surface area contributed by atoms with E-state index in [-0.39, 0.29) is 10.8 Å². The van der Waals surface area contributed by atoms with Gasteiger partial charge in [-0.2, -0.15) is 0 Å². The van der Waals surface area contributed by atoms with Crippen LogP contribution in [0.5, 0.6) is 0 Å². The number of rotatable bonds is 5. The number of hydrogen-bond donors (Lipinski definition) is 1. The zero-order valence-corrected chi connectivity index (χ0v) is 10.2. The summed E-state index contributed by atoms with van der Waals surface area (Å²) in [5.41, 5.74) is 0.835. The van der Waals surface area contributed by atoms with Gasteiger partial charge in [0.2, 0.25) is 0 Å². The van der Waals surface area contributed by atoms with E-state index < -0.39 is 0 Å². The first-order valence-electron chi connectivity index (χ1n) is 4.41. The van der Waals surface area contributed by atoms with Crippen molar-refractivity contribution in [1.82, 2.24) is 20.3 Å². The van der Waals surface area contributed by atoms with Crippen LogP contribution in [0.1, 0.15) is 5.69 Å². The average Bonchev–Trinajstić information content (AvgIpc) is 2.63. The van der Waals surface area contributed by atoms with Crippen molar-refractivity contribution in [2.75, 3.05) is 13.7 Å². The Morgan fingerprint density at radius 1 is 1.80 bits per heavy atom. The maximum absolute atomic E-state index is 11.0. The van der Waals surface area contributed by atoms with E-state index in [4.69, 9.17) is 0 Å². The second-order valence-electron chi connectivity index (χ2n) is 3.01. The van der Waals surface area contributed by atoms with Gasteiger partial charge in [-0.1, -0.05) is 21.1 Å². The number of methoxy groups -OCH3 is 1. The van der Waals surface area contributed by atoms with Gasteiger partial charge in [-0.25, -0.2) is 0 Å². The first-order valence-corrected chi connectivity index (χ1v) is 5.33. The van der Waals surface area contributed by atoms with Crippen LogP contribution in [0.2, 0.25) is 0 Å². The minimum Gasteiger partial charge on any atom is -0.468 e. The van der Waals surface area contributed by atoms with Gasteiger partial charge >= 0.3 is 5.97 Å². The Hall–Kier alpha value is -0.950. The second-order valence-corrected chi connectivity index (χ2v) is 4.11. The second kappa shape index (κ2) is 5.82. The number of hydrogen-bond acceptors (Lipinski definition) is 5. The monoisotopic (exact) mass is 276 g/mol. The van der Waals surface area contributed by atoms with Crippen molar-refractivity contribution in [3.8, 4) is 0 Å². The van der Waals surface area contributed by atoms with Gasteiger partial charge in [0.05, 0.1) is 12.8 Å². The summed E-state index contributed by atoms with van der Waals surface area (Å²) < 4.78 is 6.19. The Labute approximate surface area is 96.1 Å². The van der Waals surface area contributed by atoms with Gasteiger partial charge in [0.1, 0.15) is 4.83 Å². The topological polar surface area (TPSA) is 69.0 Å². The SMILES string of the molecule is COC(=O)C(Br)CNCc1cn(C)nn1. The van der Waals surface area contributed by atoms with Crippen molar-refractivity contribution < 1.29 is 9.53 Å². The van der Waals surface area contributed by atoms with E-state index in [0.29, 0.717) is 13.1 Å². The molecule has 1 aromatic rings. The molecule has 1 aromatic heterocycles. The Balaban J connectivity index is 2.24. The predicted octanol–water partition coefficient (Wildman–Crippen LogP) is -0.159. The van der Waals surface area contributed by atoms with Gasteiger partial charge in [-0.15, -0.1) is 5.10 Å². The summed E-state index contributed by atoms with van der Waals surface area (Å²) in [5, 5.41) is 10.8. The molecule has 0 aromatic carbocycles. The highest BCUT2D eigenvalue weighted by Gasteiger charge is 2.14. The molecule has 0 aliphatic rings. The third-order valence-electron chi connectivity index (χ3n) is 1.74. The molecule has 84 valence electrons. The third kappa shape index (κ3) is 3.96. The third-order valence-corrected chi connectivity index (χ3v) is 2.43. The van der Waals surface area contributed by atoms with Crippen LogP contribution in [-0.4, -0.2) is 39.4 Å². The van der Waals surface area contributed by atoms with E-state index in [9.17, 15) is 4.79 Å². The van der Waals surface area contributed by atoms with E-state index in [1.807, 2.05) is 6.20 Å². The normalized spacial score (nSPS) is 12.5. The van der Waals surface area contributed by atoms with Gasteiger partial charge in [0.15, 0.2) is 0 Å². The number of nitrogens with zero attached hydrogens (tertiary/aromatic N) is 3. The van der Waals surface area contributed by atoms with Crippen LogP contribution < -0.4 is 5.32 Å². The molecule has 0 radical (unpaired) electrons. The van der Waals surface area contributed by atoms with Crippen LogP contribution in [0, 0.1) is 0 Å². The van der Waals surface area contributed by atoms with Crippen molar-refractivity contribution >= 4 is 21.9 Å². The largest absolute Gasteiger partial charge is 0.468 e. The molecular weight excluding hydrogens is 264 g/mol. The standard InChI is InChI=1S/C8H13BrN4O2/c1-13-5-6(11-12-13)3-10-4-7(9)8(14)15-2/h5,7,10H,3-4H2,1-2H3. The summed E-state index contributed by atoms with van der Waals surface area (Å²) in [7, 11) is 3.16. The van der Waals surface area contributed by atoms with Crippen LogP contribution in [0.4, 0.5) is 0 Å². The van der Waals surface area contributed by atoms with Gasteiger partial charge in [0, 0.05) is 26.3 Å². The molecule has 0 fully saturated rings. The van der Waals surface area contributed by atoms with Crippen LogP contribution in [0.25, 0.3) is 0 Å². The number of halogens is 1. The number of alkyl halides is 1. The van der Waals surface area contributed by atoms with E-state index in [1.165, 1.54) is 7.11 Å². The molecular formula is C8H13BrN4O2. The molecule has 0 aliphatic heterocycles. The fraction of sp³-hybridized carbons (Fsp3) is 0.625. The quantitative estimate of drug-likeness (QED) is 0.598. The number of esters is 1. The summed E-state index contributed by atoms with van der Waals surface area (Å²) in [6.07, 6.45) is 1.81. The summed E-state index contributed by atoms with van der Waals surface area (Å²) in [6, 6.07) is 0. The van der Waals surface area contributed by atoms with Gasteiger partial charge < -0.3 is 10.1 Å². The molecule has 0 aliphatic carbocycles. The fourth-order valence-electron chi connectivity index (χ4n) is 1.01. The lowest BCUT2D eigenvalue weighted by molar-refractivity contribution is -0.139. The van der Waals surface area contributed by atoms with Gasteiger partial charge in [-0.3, -0.25) is 9.48 Å². The van der Waals surface area contributed by atoms with E-state index in [1.54, 1.807) is 11.7 Å².